The highest BCUT2D eigenvalue weighted by molar-refractivity contribution is 5.94. The number of nitrogens with zero attached hydrogens (tertiary/aromatic N) is 3. The van der Waals surface area contributed by atoms with Gasteiger partial charge in [0.2, 0.25) is 0 Å². The summed E-state index contributed by atoms with van der Waals surface area (Å²) in [5, 5.41) is 0. The molecule has 2 aromatic rings. The van der Waals surface area contributed by atoms with Crippen LogP contribution in [0, 0.1) is 0 Å². The van der Waals surface area contributed by atoms with Crippen LogP contribution in [-0.4, -0.2) is 33.9 Å². The highest BCUT2D eigenvalue weighted by atomic mass is 16.2. The molecule has 4 heteroatoms. The Morgan fingerprint density at radius 3 is 2.55 bits per heavy atom. The first-order valence-corrected chi connectivity index (χ1v) is 7.00. The van der Waals surface area contributed by atoms with Crippen LogP contribution in [0.5, 0.6) is 0 Å². The van der Waals surface area contributed by atoms with Crippen LogP contribution in [0.4, 0.5) is 0 Å². The predicted octanol–water partition coefficient (Wildman–Crippen LogP) is 2.77. The quantitative estimate of drug-likeness (QED) is 0.840. The summed E-state index contributed by atoms with van der Waals surface area (Å²) in [6.07, 6.45) is 8.60. The summed E-state index contributed by atoms with van der Waals surface area (Å²) in [4.78, 5) is 22.7. The first-order valence-electron chi connectivity index (χ1n) is 7.00. The molecule has 0 spiro atoms. The highest BCUT2D eigenvalue weighted by Crippen LogP contribution is 2.17. The number of pyridine rings is 2. The SMILES string of the molecule is O=C(c1ccc(-c2cccnc2)nc1)N1CCCCC1. The molecule has 3 rings (SSSR count). The van der Waals surface area contributed by atoms with Crippen molar-refractivity contribution in [1.82, 2.24) is 14.9 Å². The van der Waals surface area contributed by atoms with Gasteiger partial charge in [-0.2, -0.15) is 0 Å². The number of hydrogen-bond acceptors (Lipinski definition) is 3. The lowest BCUT2D eigenvalue weighted by Crippen LogP contribution is -2.35. The number of carbonyl (C=O) groups excluding carboxylic acids is 1. The van der Waals surface area contributed by atoms with Gasteiger partial charge in [0.1, 0.15) is 0 Å². The second-order valence-electron chi connectivity index (χ2n) is 5.03. The average molecular weight is 267 g/mol. The predicted molar refractivity (Wildman–Crippen MR) is 77.2 cm³/mol. The van der Waals surface area contributed by atoms with Gasteiger partial charge in [0.15, 0.2) is 0 Å². The molecule has 1 saturated heterocycles. The van der Waals surface area contributed by atoms with Crippen molar-refractivity contribution in [2.75, 3.05) is 13.1 Å². The Morgan fingerprint density at radius 2 is 1.90 bits per heavy atom. The second kappa shape index (κ2) is 5.82. The molecule has 1 amide bonds. The zero-order valence-electron chi connectivity index (χ0n) is 11.3. The third-order valence-corrected chi connectivity index (χ3v) is 3.61. The molecule has 0 radical (unpaired) electrons. The molecule has 0 saturated carbocycles. The van der Waals surface area contributed by atoms with E-state index in [0.29, 0.717) is 5.56 Å². The van der Waals surface area contributed by atoms with Crippen LogP contribution in [0.15, 0.2) is 42.9 Å². The molecule has 2 aromatic heterocycles. The van der Waals surface area contributed by atoms with Crippen molar-refractivity contribution in [2.24, 2.45) is 0 Å². The van der Waals surface area contributed by atoms with E-state index < -0.39 is 0 Å². The van der Waals surface area contributed by atoms with Crippen molar-refractivity contribution in [2.45, 2.75) is 19.3 Å². The fourth-order valence-electron chi connectivity index (χ4n) is 2.48. The molecule has 20 heavy (non-hydrogen) atoms. The Kier molecular flexibility index (Phi) is 3.72. The van der Waals surface area contributed by atoms with Gasteiger partial charge in [-0.05, 0) is 43.5 Å². The van der Waals surface area contributed by atoms with Gasteiger partial charge in [-0.25, -0.2) is 0 Å². The van der Waals surface area contributed by atoms with Crippen molar-refractivity contribution in [1.29, 1.82) is 0 Å². The second-order valence-corrected chi connectivity index (χ2v) is 5.03. The number of hydrogen-bond donors (Lipinski definition) is 0. The van der Waals surface area contributed by atoms with Crippen LogP contribution < -0.4 is 0 Å². The number of carbonyl (C=O) groups is 1. The number of piperidine rings is 1. The van der Waals surface area contributed by atoms with Crippen LogP contribution in [0.2, 0.25) is 0 Å². The van der Waals surface area contributed by atoms with E-state index >= 15 is 0 Å². The molecule has 0 aromatic carbocycles. The van der Waals surface area contributed by atoms with Crippen molar-refractivity contribution in [3.05, 3.63) is 48.4 Å². The summed E-state index contributed by atoms with van der Waals surface area (Å²) in [6, 6.07) is 7.58. The molecule has 1 aliphatic rings. The van der Waals surface area contributed by atoms with E-state index in [0.717, 1.165) is 37.2 Å². The largest absolute Gasteiger partial charge is 0.339 e. The van der Waals surface area contributed by atoms with Crippen LogP contribution in [-0.2, 0) is 0 Å². The van der Waals surface area contributed by atoms with E-state index in [1.54, 1.807) is 18.6 Å². The third-order valence-electron chi connectivity index (χ3n) is 3.61. The molecule has 1 fully saturated rings. The standard InChI is InChI=1S/C16H17N3O/c20-16(19-9-2-1-3-10-19)14-6-7-15(18-12-14)13-5-4-8-17-11-13/h4-8,11-12H,1-3,9-10H2. The summed E-state index contributed by atoms with van der Waals surface area (Å²) in [5.41, 5.74) is 2.47. The van der Waals surface area contributed by atoms with Gasteiger partial charge in [0, 0.05) is 37.2 Å². The minimum atomic E-state index is 0.0925. The minimum Gasteiger partial charge on any atom is -0.339 e. The number of aromatic nitrogens is 2. The van der Waals surface area contributed by atoms with E-state index in [1.165, 1.54) is 6.42 Å². The Labute approximate surface area is 118 Å². The van der Waals surface area contributed by atoms with Gasteiger partial charge in [-0.3, -0.25) is 14.8 Å². The normalized spacial score (nSPS) is 15.1. The van der Waals surface area contributed by atoms with E-state index in [2.05, 4.69) is 9.97 Å². The monoisotopic (exact) mass is 267 g/mol. The fraction of sp³-hybridized carbons (Fsp3) is 0.312. The molecule has 3 heterocycles. The van der Waals surface area contributed by atoms with Crippen molar-refractivity contribution in [3.8, 4) is 11.3 Å². The van der Waals surface area contributed by atoms with E-state index in [4.69, 9.17) is 0 Å². The van der Waals surface area contributed by atoms with Gasteiger partial charge in [0.25, 0.3) is 5.91 Å². The molecular formula is C16H17N3O. The lowest BCUT2D eigenvalue weighted by atomic mass is 10.1. The van der Waals surface area contributed by atoms with E-state index in [9.17, 15) is 4.79 Å². The molecule has 1 aliphatic heterocycles. The van der Waals surface area contributed by atoms with Crippen LogP contribution in [0.1, 0.15) is 29.6 Å². The molecule has 0 atom stereocenters. The van der Waals surface area contributed by atoms with Gasteiger partial charge in [0.05, 0.1) is 11.3 Å². The lowest BCUT2D eigenvalue weighted by molar-refractivity contribution is 0.0724. The van der Waals surface area contributed by atoms with Crippen molar-refractivity contribution >= 4 is 5.91 Å². The van der Waals surface area contributed by atoms with E-state index in [1.807, 2.05) is 29.2 Å². The molecule has 102 valence electrons. The lowest BCUT2D eigenvalue weighted by Gasteiger charge is -2.26. The molecule has 0 aliphatic carbocycles. The van der Waals surface area contributed by atoms with Crippen LogP contribution >= 0.6 is 0 Å². The maximum absolute atomic E-state index is 12.3. The summed E-state index contributed by atoms with van der Waals surface area (Å²) in [7, 11) is 0. The van der Waals surface area contributed by atoms with Gasteiger partial charge < -0.3 is 4.90 Å². The highest BCUT2D eigenvalue weighted by Gasteiger charge is 2.18. The minimum absolute atomic E-state index is 0.0925. The summed E-state index contributed by atoms with van der Waals surface area (Å²) < 4.78 is 0. The molecular weight excluding hydrogens is 250 g/mol. The van der Waals surface area contributed by atoms with Crippen molar-refractivity contribution < 1.29 is 4.79 Å². The zero-order chi connectivity index (χ0) is 13.8. The average Bonchev–Trinajstić information content (AvgIpc) is 2.56. The summed E-state index contributed by atoms with van der Waals surface area (Å²) in [6.45, 7) is 1.73. The number of rotatable bonds is 2. The first-order chi connectivity index (χ1) is 9.84. The molecule has 4 nitrogen and oxygen atoms in total. The van der Waals surface area contributed by atoms with Crippen molar-refractivity contribution in [3.63, 3.8) is 0 Å². The summed E-state index contributed by atoms with van der Waals surface area (Å²) in [5.74, 6) is 0.0925. The Hall–Kier alpha value is -2.23. The maximum Gasteiger partial charge on any atom is 0.255 e. The van der Waals surface area contributed by atoms with Gasteiger partial charge in [-0.15, -0.1) is 0 Å². The number of amides is 1. The molecule has 0 unspecified atom stereocenters. The Bertz CT molecular complexity index is 574. The van der Waals surface area contributed by atoms with Crippen LogP contribution in [0.3, 0.4) is 0 Å². The summed E-state index contributed by atoms with van der Waals surface area (Å²) >= 11 is 0. The Balaban J connectivity index is 1.77. The Morgan fingerprint density at radius 1 is 1.05 bits per heavy atom. The van der Waals surface area contributed by atoms with Gasteiger partial charge >= 0.3 is 0 Å². The topological polar surface area (TPSA) is 46.1 Å². The smallest absolute Gasteiger partial charge is 0.255 e. The van der Waals surface area contributed by atoms with Gasteiger partial charge in [-0.1, -0.05) is 0 Å². The third kappa shape index (κ3) is 2.69. The molecule has 0 N–H and O–H groups in total. The van der Waals surface area contributed by atoms with Crippen LogP contribution in [0.25, 0.3) is 11.3 Å². The van der Waals surface area contributed by atoms with E-state index in [-0.39, 0.29) is 5.91 Å². The number of likely N-dealkylation sites (tertiary alicyclic amines) is 1. The fourth-order valence-corrected chi connectivity index (χ4v) is 2.48. The molecule has 0 bridgehead atoms. The zero-order valence-corrected chi connectivity index (χ0v) is 11.3. The first kappa shape index (κ1) is 12.8. The maximum atomic E-state index is 12.3.